The van der Waals surface area contributed by atoms with Crippen molar-refractivity contribution in [3.8, 4) is 0 Å². The Hall–Kier alpha value is -1.15. The van der Waals surface area contributed by atoms with Gasteiger partial charge in [0.1, 0.15) is 6.29 Å². The molecule has 1 rings (SSSR count). The molecule has 14 heavy (non-hydrogen) atoms. The summed E-state index contributed by atoms with van der Waals surface area (Å²) in [6.45, 7) is 3.99. The Labute approximate surface area is 84.6 Å². The summed E-state index contributed by atoms with van der Waals surface area (Å²) in [6.07, 6.45) is 1.82. The molecule has 1 atom stereocenters. The van der Waals surface area contributed by atoms with Crippen molar-refractivity contribution in [2.75, 3.05) is 0 Å². The van der Waals surface area contributed by atoms with Crippen LogP contribution in [-0.2, 0) is 17.8 Å². The molecule has 0 radical (unpaired) electrons. The van der Waals surface area contributed by atoms with E-state index in [0.29, 0.717) is 0 Å². The lowest BCUT2D eigenvalue weighted by molar-refractivity contribution is -0.108. The number of rotatable bonds is 4. The molecular formula is C12H16O2. The number of hydrogen-bond donors (Lipinski definition) is 1. The minimum absolute atomic E-state index is 0.0620. The lowest BCUT2D eigenvalue weighted by Crippen LogP contribution is -1.99. The van der Waals surface area contributed by atoms with E-state index in [-0.39, 0.29) is 12.5 Å². The van der Waals surface area contributed by atoms with Crippen molar-refractivity contribution >= 4 is 6.29 Å². The van der Waals surface area contributed by atoms with Crippen molar-refractivity contribution in [2.24, 2.45) is 0 Å². The number of aldehydes is 1. The Balaban J connectivity index is 3.06. The highest BCUT2D eigenvalue weighted by Gasteiger charge is 2.06. The summed E-state index contributed by atoms with van der Waals surface area (Å²) in [4.78, 5) is 10.6. The normalized spacial score (nSPS) is 12.5. The largest absolute Gasteiger partial charge is 0.392 e. The predicted molar refractivity (Wildman–Crippen MR) is 56.2 cm³/mol. The molecule has 0 amide bonds. The molecule has 2 heteroatoms. The maximum absolute atomic E-state index is 10.6. The summed E-state index contributed by atoms with van der Waals surface area (Å²) < 4.78 is 0. The molecule has 0 spiro atoms. The number of aliphatic hydroxyl groups excluding tert-OH is 1. The van der Waals surface area contributed by atoms with Crippen molar-refractivity contribution in [1.29, 1.82) is 0 Å². The van der Waals surface area contributed by atoms with E-state index in [4.69, 9.17) is 5.11 Å². The van der Waals surface area contributed by atoms with Gasteiger partial charge in [0.25, 0.3) is 0 Å². The summed E-state index contributed by atoms with van der Waals surface area (Å²) in [6, 6.07) is 5.81. The van der Waals surface area contributed by atoms with E-state index in [1.807, 2.05) is 32.0 Å². The fourth-order valence-corrected chi connectivity index (χ4v) is 1.49. The number of benzene rings is 1. The van der Waals surface area contributed by atoms with Crippen LogP contribution in [0.2, 0.25) is 0 Å². The molecule has 0 aliphatic carbocycles. The van der Waals surface area contributed by atoms with Crippen LogP contribution < -0.4 is 0 Å². The second kappa shape index (κ2) is 4.91. The third-order valence-electron chi connectivity index (χ3n) is 2.51. The minimum atomic E-state index is -0.0620. The average Bonchev–Trinajstić information content (AvgIpc) is 2.26. The van der Waals surface area contributed by atoms with Crippen LogP contribution in [0, 0.1) is 0 Å². The van der Waals surface area contributed by atoms with Gasteiger partial charge in [0.05, 0.1) is 6.61 Å². The van der Waals surface area contributed by atoms with Gasteiger partial charge in [-0.1, -0.05) is 32.0 Å². The highest BCUT2D eigenvalue weighted by atomic mass is 16.3. The van der Waals surface area contributed by atoms with Crippen molar-refractivity contribution in [2.45, 2.75) is 32.8 Å². The maximum atomic E-state index is 10.6. The second-order valence-electron chi connectivity index (χ2n) is 3.46. The fraction of sp³-hybridized carbons (Fsp3) is 0.417. The van der Waals surface area contributed by atoms with Gasteiger partial charge in [-0.25, -0.2) is 0 Å². The third kappa shape index (κ3) is 2.20. The van der Waals surface area contributed by atoms with Gasteiger partial charge < -0.3 is 9.90 Å². The minimum Gasteiger partial charge on any atom is -0.392 e. The van der Waals surface area contributed by atoms with Gasteiger partial charge in [-0.05, 0) is 23.1 Å². The Morgan fingerprint density at radius 2 is 2.14 bits per heavy atom. The number of carbonyl (C=O) groups excluding carboxylic acids is 1. The van der Waals surface area contributed by atoms with E-state index in [2.05, 4.69) is 0 Å². The number of hydrogen-bond acceptors (Lipinski definition) is 2. The quantitative estimate of drug-likeness (QED) is 0.741. The molecule has 0 saturated heterocycles. The summed E-state index contributed by atoms with van der Waals surface area (Å²) in [5, 5.41) is 9.07. The summed E-state index contributed by atoms with van der Waals surface area (Å²) >= 11 is 0. The summed E-state index contributed by atoms with van der Waals surface area (Å²) in [5.74, 6) is -0.0620. The van der Waals surface area contributed by atoms with E-state index in [9.17, 15) is 4.79 Å². The monoisotopic (exact) mass is 192 g/mol. The molecule has 0 heterocycles. The molecule has 2 nitrogen and oxygen atoms in total. The first-order valence-electron chi connectivity index (χ1n) is 4.90. The zero-order valence-electron chi connectivity index (χ0n) is 8.66. The number of aryl methyl sites for hydroxylation is 1. The Morgan fingerprint density at radius 3 is 2.64 bits per heavy atom. The number of aliphatic hydroxyl groups is 1. The van der Waals surface area contributed by atoms with E-state index < -0.39 is 0 Å². The van der Waals surface area contributed by atoms with Crippen molar-refractivity contribution in [3.63, 3.8) is 0 Å². The summed E-state index contributed by atoms with van der Waals surface area (Å²) in [5.41, 5.74) is 3.10. The third-order valence-corrected chi connectivity index (χ3v) is 2.51. The van der Waals surface area contributed by atoms with E-state index in [0.717, 1.165) is 29.4 Å². The molecule has 1 N–H and O–H groups in total. The molecule has 0 aliphatic heterocycles. The number of carbonyl (C=O) groups is 1. The molecule has 0 aliphatic rings. The van der Waals surface area contributed by atoms with Crippen molar-refractivity contribution in [1.82, 2.24) is 0 Å². The van der Waals surface area contributed by atoms with Gasteiger partial charge in [-0.3, -0.25) is 0 Å². The van der Waals surface area contributed by atoms with Crippen LogP contribution in [0.1, 0.15) is 36.5 Å². The molecule has 1 aromatic rings. The zero-order valence-corrected chi connectivity index (χ0v) is 8.66. The van der Waals surface area contributed by atoms with Gasteiger partial charge in [0.15, 0.2) is 0 Å². The zero-order chi connectivity index (χ0) is 10.6. The Morgan fingerprint density at radius 1 is 1.43 bits per heavy atom. The summed E-state index contributed by atoms with van der Waals surface area (Å²) in [7, 11) is 0. The van der Waals surface area contributed by atoms with Crippen LogP contribution >= 0.6 is 0 Å². The van der Waals surface area contributed by atoms with E-state index in [1.54, 1.807) is 0 Å². The van der Waals surface area contributed by atoms with Crippen LogP contribution in [0.15, 0.2) is 18.2 Å². The molecule has 0 saturated carbocycles. The van der Waals surface area contributed by atoms with Gasteiger partial charge in [0, 0.05) is 5.92 Å². The van der Waals surface area contributed by atoms with E-state index >= 15 is 0 Å². The van der Waals surface area contributed by atoms with Gasteiger partial charge >= 0.3 is 0 Å². The highest BCUT2D eigenvalue weighted by Crippen LogP contribution is 2.18. The molecule has 76 valence electrons. The first kappa shape index (κ1) is 10.9. The molecule has 0 fully saturated rings. The predicted octanol–water partition coefficient (Wildman–Crippen LogP) is 2.04. The molecule has 0 bridgehead atoms. The Kier molecular flexibility index (Phi) is 3.84. The standard InChI is InChI=1S/C12H16O2/c1-3-10-6-11(9(2)7-13)4-5-12(10)8-14/h4-7,9,14H,3,8H2,1-2H3. The fourth-order valence-electron chi connectivity index (χ4n) is 1.49. The first-order valence-corrected chi connectivity index (χ1v) is 4.90. The molecule has 1 aromatic carbocycles. The Bertz CT molecular complexity index is 318. The topological polar surface area (TPSA) is 37.3 Å². The van der Waals surface area contributed by atoms with Gasteiger partial charge in [0.2, 0.25) is 0 Å². The molecular weight excluding hydrogens is 176 g/mol. The van der Waals surface area contributed by atoms with Crippen LogP contribution in [-0.4, -0.2) is 11.4 Å². The van der Waals surface area contributed by atoms with Crippen LogP contribution in [0.5, 0.6) is 0 Å². The van der Waals surface area contributed by atoms with Crippen LogP contribution in [0.4, 0.5) is 0 Å². The van der Waals surface area contributed by atoms with E-state index in [1.165, 1.54) is 0 Å². The van der Waals surface area contributed by atoms with Gasteiger partial charge in [-0.2, -0.15) is 0 Å². The van der Waals surface area contributed by atoms with Crippen LogP contribution in [0.25, 0.3) is 0 Å². The lowest BCUT2D eigenvalue weighted by Gasteiger charge is -2.10. The SMILES string of the molecule is CCc1cc(C(C)C=O)ccc1CO. The highest BCUT2D eigenvalue weighted by molar-refractivity contribution is 5.61. The molecule has 1 unspecified atom stereocenters. The molecule has 0 aromatic heterocycles. The first-order chi connectivity index (χ1) is 6.72. The smallest absolute Gasteiger partial charge is 0.127 e. The van der Waals surface area contributed by atoms with Crippen molar-refractivity contribution < 1.29 is 9.90 Å². The van der Waals surface area contributed by atoms with Crippen molar-refractivity contribution in [3.05, 3.63) is 34.9 Å². The second-order valence-corrected chi connectivity index (χ2v) is 3.46. The lowest BCUT2D eigenvalue weighted by atomic mass is 9.96. The maximum Gasteiger partial charge on any atom is 0.127 e. The average molecular weight is 192 g/mol. The van der Waals surface area contributed by atoms with Gasteiger partial charge in [-0.15, -0.1) is 0 Å². The van der Waals surface area contributed by atoms with Crippen LogP contribution in [0.3, 0.4) is 0 Å².